The van der Waals surface area contributed by atoms with Crippen LogP contribution < -0.4 is 0 Å². The number of amides is 1. The summed E-state index contributed by atoms with van der Waals surface area (Å²) >= 11 is 0. The Kier molecular flexibility index (Phi) is 3.68. The minimum absolute atomic E-state index is 0.0744. The monoisotopic (exact) mass is 260 g/mol. The van der Waals surface area contributed by atoms with Crippen LogP contribution in [0.2, 0.25) is 0 Å². The Bertz CT molecular complexity index is 555. The van der Waals surface area contributed by atoms with Gasteiger partial charge in [0.2, 0.25) is 0 Å². The highest BCUT2D eigenvalue weighted by Gasteiger charge is 2.30. The molecular formula is C12H12N4O3. The minimum atomic E-state index is -0.526. The summed E-state index contributed by atoms with van der Waals surface area (Å²) in [6.45, 7) is 1.29. The lowest BCUT2D eigenvalue weighted by atomic mass is 10.1. The highest BCUT2D eigenvalue weighted by molar-refractivity contribution is 6.42. The molecule has 0 unspecified atom stereocenters. The summed E-state index contributed by atoms with van der Waals surface area (Å²) in [4.78, 5) is 26.8. The van der Waals surface area contributed by atoms with Crippen LogP contribution in [0, 0.1) is 10.1 Å². The van der Waals surface area contributed by atoms with Crippen molar-refractivity contribution < 1.29 is 14.5 Å². The predicted molar refractivity (Wildman–Crippen MR) is 66.6 cm³/mol. The van der Waals surface area contributed by atoms with Gasteiger partial charge in [-0.15, -0.1) is 0 Å². The summed E-state index contributed by atoms with van der Waals surface area (Å²) in [7, 11) is 0. The van der Waals surface area contributed by atoms with Gasteiger partial charge in [0.15, 0.2) is 0 Å². The lowest BCUT2D eigenvalue weighted by Crippen LogP contribution is -2.35. The number of nitro groups is 1. The largest absolute Gasteiger partial charge is 0.386 e. The first kappa shape index (κ1) is 12.9. The third kappa shape index (κ3) is 2.66. The van der Waals surface area contributed by atoms with E-state index in [-0.39, 0.29) is 17.3 Å². The lowest BCUT2D eigenvalue weighted by molar-refractivity contribution is -0.384. The Morgan fingerprint density at radius 1 is 1.26 bits per heavy atom. The third-order valence-electron chi connectivity index (χ3n) is 3.05. The molecule has 0 aliphatic carbocycles. The molecule has 0 saturated carbocycles. The van der Waals surface area contributed by atoms with Crippen LogP contribution in [0.5, 0.6) is 0 Å². The van der Waals surface area contributed by atoms with Crippen LogP contribution in [0.15, 0.2) is 24.3 Å². The fourth-order valence-electron chi connectivity index (χ4n) is 2.03. The molecular weight excluding hydrogens is 248 g/mol. The number of nitro benzene ring substituents is 1. The van der Waals surface area contributed by atoms with Gasteiger partial charge in [-0.3, -0.25) is 14.9 Å². The molecule has 0 atom stereocenters. The molecule has 1 saturated heterocycles. The van der Waals surface area contributed by atoms with Crippen LogP contribution in [0.25, 0.3) is 5.53 Å². The van der Waals surface area contributed by atoms with E-state index in [0.717, 1.165) is 12.8 Å². The van der Waals surface area contributed by atoms with Crippen LogP contribution >= 0.6 is 0 Å². The second-order valence-electron chi connectivity index (χ2n) is 4.25. The molecule has 1 aliphatic heterocycles. The van der Waals surface area contributed by atoms with E-state index in [1.807, 2.05) is 0 Å². The first-order valence-corrected chi connectivity index (χ1v) is 5.89. The summed E-state index contributed by atoms with van der Waals surface area (Å²) in [6.07, 6.45) is 1.87. The van der Waals surface area contributed by atoms with Crippen molar-refractivity contribution in [1.82, 2.24) is 4.90 Å². The Hall–Kier alpha value is -2.53. The predicted octanol–water partition coefficient (Wildman–Crippen LogP) is 1.24. The molecule has 7 heteroatoms. The lowest BCUT2D eigenvalue weighted by Gasteiger charge is -2.11. The van der Waals surface area contributed by atoms with Crippen molar-refractivity contribution in [1.29, 1.82) is 0 Å². The number of likely N-dealkylation sites (tertiary alicyclic amines) is 1. The number of rotatable bonds is 3. The molecule has 1 amide bonds. The van der Waals surface area contributed by atoms with Gasteiger partial charge in [0.1, 0.15) is 0 Å². The van der Waals surface area contributed by atoms with Gasteiger partial charge in [0.25, 0.3) is 5.69 Å². The van der Waals surface area contributed by atoms with E-state index in [1.165, 1.54) is 24.3 Å². The molecule has 0 spiro atoms. The van der Waals surface area contributed by atoms with Gasteiger partial charge in [-0.25, -0.2) is 0 Å². The number of carbonyl (C=O) groups is 1. The van der Waals surface area contributed by atoms with E-state index < -0.39 is 4.92 Å². The number of carbonyl (C=O) groups excluding carboxylic acids is 1. The fourth-order valence-corrected chi connectivity index (χ4v) is 2.03. The normalized spacial score (nSPS) is 14.0. The van der Waals surface area contributed by atoms with Crippen LogP contribution in [0.1, 0.15) is 18.4 Å². The van der Waals surface area contributed by atoms with Crippen molar-refractivity contribution >= 4 is 17.3 Å². The molecule has 2 rings (SSSR count). The van der Waals surface area contributed by atoms with Gasteiger partial charge in [-0.05, 0) is 25.0 Å². The molecule has 0 aromatic heterocycles. The third-order valence-corrected chi connectivity index (χ3v) is 3.05. The maximum absolute atomic E-state index is 12.1. The van der Waals surface area contributed by atoms with Crippen molar-refractivity contribution in [3.63, 3.8) is 0 Å². The maximum Gasteiger partial charge on any atom is 0.386 e. The highest BCUT2D eigenvalue weighted by atomic mass is 16.6. The van der Waals surface area contributed by atoms with E-state index >= 15 is 0 Å². The molecule has 7 nitrogen and oxygen atoms in total. The van der Waals surface area contributed by atoms with Crippen LogP contribution in [0.3, 0.4) is 0 Å². The summed E-state index contributed by atoms with van der Waals surface area (Å²) in [5.74, 6) is -0.353. The van der Waals surface area contributed by atoms with Gasteiger partial charge < -0.3 is 10.4 Å². The van der Waals surface area contributed by atoms with Crippen LogP contribution in [-0.4, -0.2) is 39.3 Å². The van der Waals surface area contributed by atoms with Crippen molar-refractivity contribution in [3.8, 4) is 0 Å². The Morgan fingerprint density at radius 2 is 1.84 bits per heavy atom. The van der Waals surface area contributed by atoms with Crippen LogP contribution in [-0.2, 0) is 4.79 Å². The summed E-state index contributed by atoms with van der Waals surface area (Å²) in [5, 5.41) is 10.5. The molecule has 98 valence electrons. The molecule has 1 aromatic rings. The first-order chi connectivity index (χ1) is 9.13. The summed E-state index contributed by atoms with van der Waals surface area (Å²) < 4.78 is 0. The van der Waals surface area contributed by atoms with Gasteiger partial charge in [0, 0.05) is 25.2 Å². The first-order valence-electron chi connectivity index (χ1n) is 5.89. The zero-order valence-corrected chi connectivity index (χ0v) is 10.2. The van der Waals surface area contributed by atoms with Crippen LogP contribution in [0.4, 0.5) is 5.69 Å². The molecule has 0 N–H and O–H groups in total. The number of benzene rings is 1. The van der Waals surface area contributed by atoms with Crippen molar-refractivity contribution in [2.45, 2.75) is 12.8 Å². The van der Waals surface area contributed by atoms with Gasteiger partial charge in [-0.2, -0.15) is 4.79 Å². The minimum Gasteiger partial charge on any atom is -0.361 e. The Morgan fingerprint density at radius 3 is 2.32 bits per heavy atom. The SMILES string of the molecule is [N-]=[N+]=C(C(=O)N1CCCC1)c1ccc([N+](=O)[O-])cc1. The molecule has 0 bridgehead atoms. The quantitative estimate of drug-likeness (QED) is 0.268. The molecule has 1 aromatic carbocycles. The Balaban J connectivity index is 2.24. The van der Waals surface area contributed by atoms with E-state index in [1.54, 1.807) is 4.90 Å². The van der Waals surface area contributed by atoms with Gasteiger partial charge >= 0.3 is 11.6 Å². The zero-order chi connectivity index (χ0) is 13.8. The second kappa shape index (κ2) is 5.41. The zero-order valence-electron chi connectivity index (χ0n) is 10.2. The van der Waals surface area contributed by atoms with E-state index in [9.17, 15) is 14.9 Å². The smallest absolute Gasteiger partial charge is 0.361 e. The van der Waals surface area contributed by atoms with Crippen molar-refractivity contribution in [3.05, 3.63) is 45.5 Å². The standard InChI is InChI=1S/C12H12N4O3/c13-14-11(12(17)15-7-1-2-8-15)9-3-5-10(6-4-9)16(18)19/h3-6H,1-2,7-8H2. The van der Waals surface area contributed by atoms with Crippen molar-refractivity contribution in [2.75, 3.05) is 13.1 Å². The number of hydrogen-bond acceptors (Lipinski definition) is 3. The van der Waals surface area contributed by atoms with Gasteiger partial charge in [-0.1, -0.05) is 0 Å². The maximum atomic E-state index is 12.1. The molecule has 0 radical (unpaired) electrons. The molecule has 19 heavy (non-hydrogen) atoms. The summed E-state index contributed by atoms with van der Waals surface area (Å²) in [6, 6.07) is 5.36. The fraction of sp³-hybridized carbons (Fsp3) is 0.333. The molecule has 1 fully saturated rings. The van der Waals surface area contributed by atoms with Crippen molar-refractivity contribution in [2.24, 2.45) is 0 Å². The molecule has 1 aliphatic rings. The van der Waals surface area contributed by atoms with E-state index in [2.05, 4.69) is 4.79 Å². The second-order valence-corrected chi connectivity index (χ2v) is 4.25. The van der Waals surface area contributed by atoms with E-state index in [4.69, 9.17) is 5.53 Å². The average molecular weight is 260 g/mol. The average Bonchev–Trinajstić information content (AvgIpc) is 2.94. The molecule has 1 heterocycles. The highest BCUT2D eigenvalue weighted by Crippen LogP contribution is 2.14. The number of nitrogens with zero attached hydrogens (tertiary/aromatic N) is 4. The number of hydrogen-bond donors (Lipinski definition) is 0. The summed E-state index contributed by atoms with van der Waals surface area (Å²) in [5.41, 5.74) is 9.20. The van der Waals surface area contributed by atoms with Gasteiger partial charge in [0.05, 0.1) is 10.5 Å². The topological polar surface area (TPSA) is 99.9 Å². The number of non-ortho nitro benzene ring substituents is 1. The van der Waals surface area contributed by atoms with E-state index in [0.29, 0.717) is 18.7 Å². The Labute approximate surface area is 109 Å².